The Labute approximate surface area is 411 Å². The number of hydrogen-bond donors (Lipinski definition) is 3. The molecule has 1 unspecified atom stereocenters. The third-order valence-corrected chi connectivity index (χ3v) is 15.1. The monoisotopic (exact) mass is 994 g/mol. The number of carbonyl (C=O) groups excluding carboxylic acids is 4. The minimum absolute atomic E-state index is 0.0684. The van der Waals surface area contributed by atoms with Crippen LogP contribution in [0.25, 0.3) is 26.6 Å². The number of aromatic nitrogens is 4. The summed E-state index contributed by atoms with van der Waals surface area (Å²) in [6.07, 6.45) is -6.20. The van der Waals surface area contributed by atoms with Gasteiger partial charge in [0.05, 0.1) is 58.6 Å². The van der Waals surface area contributed by atoms with Crippen LogP contribution in [-0.4, -0.2) is 91.0 Å². The SMILES string of the molecule is COC(=O)C[C@@H]1N=C(c2ccc(-c3ccc(C(=O)NC(C(=O)N4C[C@H](O)C[C@H]4C(=O)N[C@@H](C)c4ccc(-c5scnc5C)cc4)C(C)(C)C)c(C(F)(F)F)c3)cc2)c2c(sc(C)c2C)-n2c(C)nnc21. The van der Waals surface area contributed by atoms with Crippen molar-refractivity contribution in [3.63, 3.8) is 0 Å². The number of fused-ring (bicyclic) bond motifs is 3. The number of hydrogen-bond acceptors (Lipinski definition) is 12. The number of esters is 1. The summed E-state index contributed by atoms with van der Waals surface area (Å²) in [7, 11) is 1.30. The molecule has 3 aromatic heterocycles. The van der Waals surface area contributed by atoms with E-state index in [1.807, 2.05) is 56.5 Å². The molecule has 2 aliphatic heterocycles. The predicted molar refractivity (Wildman–Crippen MR) is 261 cm³/mol. The van der Waals surface area contributed by atoms with Crippen molar-refractivity contribution in [1.29, 1.82) is 0 Å². The molecule has 0 saturated carbocycles. The second-order valence-corrected chi connectivity index (χ2v) is 20.9. The molecular formula is C51H53F3N8O6S2. The van der Waals surface area contributed by atoms with Gasteiger partial charge in [0.15, 0.2) is 5.82 Å². The van der Waals surface area contributed by atoms with Crippen LogP contribution in [0.4, 0.5) is 13.2 Å². The number of aryl methyl sites for hydroxylation is 3. The van der Waals surface area contributed by atoms with Crippen molar-refractivity contribution in [3.05, 3.63) is 128 Å². The van der Waals surface area contributed by atoms with E-state index < -0.39 is 76.7 Å². The molecule has 3 N–H and O–H groups in total. The van der Waals surface area contributed by atoms with Crippen LogP contribution in [-0.2, 0) is 25.3 Å². The van der Waals surface area contributed by atoms with Crippen LogP contribution in [0, 0.1) is 33.1 Å². The molecule has 3 amide bonds. The molecule has 6 aromatic rings. The summed E-state index contributed by atoms with van der Waals surface area (Å²) in [4.78, 5) is 67.5. The molecule has 1 fully saturated rings. The number of methoxy groups -OCH3 is 1. The Balaban J connectivity index is 1.03. The Kier molecular flexibility index (Phi) is 13.8. The molecule has 0 aliphatic carbocycles. The van der Waals surface area contributed by atoms with Crippen LogP contribution >= 0.6 is 22.7 Å². The molecule has 8 rings (SSSR count). The van der Waals surface area contributed by atoms with E-state index in [1.165, 1.54) is 40.7 Å². The van der Waals surface area contributed by atoms with E-state index in [-0.39, 0.29) is 24.9 Å². The van der Waals surface area contributed by atoms with Gasteiger partial charge in [-0.1, -0.05) is 75.4 Å². The Morgan fingerprint density at radius 3 is 2.19 bits per heavy atom. The molecule has 0 radical (unpaired) electrons. The summed E-state index contributed by atoms with van der Waals surface area (Å²) in [5, 5.41) is 25.8. The molecule has 0 spiro atoms. The normalized spacial score (nSPS) is 17.8. The summed E-state index contributed by atoms with van der Waals surface area (Å²) >= 11 is 3.06. The van der Waals surface area contributed by atoms with Crippen LogP contribution in [0.3, 0.4) is 0 Å². The van der Waals surface area contributed by atoms with Crippen LogP contribution in [0.2, 0.25) is 0 Å². The van der Waals surface area contributed by atoms with Gasteiger partial charge in [-0.15, -0.1) is 32.9 Å². The number of amides is 3. The van der Waals surface area contributed by atoms with Crippen molar-refractivity contribution in [3.8, 4) is 26.6 Å². The number of nitrogens with zero attached hydrogens (tertiary/aromatic N) is 6. The highest BCUT2D eigenvalue weighted by atomic mass is 32.1. The van der Waals surface area contributed by atoms with Gasteiger partial charge >= 0.3 is 12.1 Å². The third kappa shape index (κ3) is 9.78. The first-order valence-electron chi connectivity index (χ1n) is 22.6. The van der Waals surface area contributed by atoms with Gasteiger partial charge < -0.3 is 25.4 Å². The quantitative estimate of drug-likeness (QED) is 0.107. The average Bonchev–Trinajstić information content (AvgIpc) is 4.09. The van der Waals surface area contributed by atoms with E-state index in [0.717, 1.165) is 54.8 Å². The second-order valence-electron chi connectivity index (χ2n) is 18.8. The van der Waals surface area contributed by atoms with Crippen molar-refractivity contribution in [2.75, 3.05) is 13.7 Å². The fourth-order valence-electron chi connectivity index (χ4n) is 8.97. The summed E-state index contributed by atoms with van der Waals surface area (Å²) < 4.78 is 51.9. The molecule has 5 atom stereocenters. The van der Waals surface area contributed by atoms with E-state index in [2.05, 4.69) is 25.8 Å². The molecule has 2 aliphatic rings. The molecule has 366 valence electrons. The van der Waals surface area contributed by atoms with Crippen molar-refractivity contribution in [1.82, 2.24) is 35.3 Å². The largest absolute Gasteiger partial charge is 0.469 e. The maximum atomic E-state index is 15.0. The lowest BCUT2D eigenvalue weighted by atomic mass is 9.85. The van der Waals surface area contributed by atoms with Crippen molar-refractivity contribution in [2.24, 2.45) is 10.4 Å². The standard InChI is InChI=1S/C51H53F3N8O6S2/c1-25-28(4)70-49-41(25)42(57-38(22-40(64)68-9)45-60-59-29(5)62(45)49)32-14-12-31(13-15-32)34-18-19-36(37(20-34)51(52,53)54)46(65)58-44(50(6,7)8)48(67)61-23-35(63)21-39(61)47(66)56-26(2)30-10-16-33(17-11-30)43-27(3)55-24-69-43/h10-20,24,26,35,38-39,44,63H,21-23H2,1-9H3,(H,56,66)(H,58,65)/t26-,35+,38-,39-,44?/m0/s1. The predicted octanol–water partition coefficient (Wildman–Crippen LogP) is 8.81. The van der Waals surface area contributed by atoms with Gasteiger partial charge in [0.25, 0.3) is 5.91 Å². The number of aliphatic hydroxyl groups is 1. The number of thiophene rings is 1. The Bertz CT molecular complexity index is 3030. The smallest absolute Gasteiger partial charge is 0.417 e. The minimum Gasteiger partial charge on any atom is -0.469 e. The van der Waals surface area contributed by atoms with Gasteiger partial charge in [-0.25, -0.2) is 4.98 Å². The van der Waals surface area contributed by atoms with E-state index in [4.69, 9.17) is 9.73 Å². The zero-order chi connectivity index (χ0) is 50.6. The van der Waals surface area contributed by atoms with Crippen molar-refractivity contribution in [2.45, 2.75) is 105 Å². The molecule has 14 nitrogen and oxygen atoms in total. The fraction of sp³-hybridized carbons (Fsp3) is 0.373. The molecular weight excluding hydrogens is 942 g/mol. The zero-order valence-electron chi connectivity index (χ0n) is 40.1. The van der Waals surface area contributed by atoms with Gasteiger partial charge in [0, 0.05) is 29.0 Å². The molecule has 70 heavy (non-hydrogen) atoms. The highest BCUT2D eigenvalue weighted by Gasteiger charge is 2.46. The maximum absolute atomic E-state index is 15.0. The number of β-amino-alcohol motifs (C(OH)–C–C–N with tert-alkyl or cyclic N) is 1. The van der Waals surface area contributed by atoms with Gasteiger partial charge in [0.1, 0.15) is 29.0 Å². The Hall–Kier alpha value is -6.57. The Morgan fingerprint density at radius 1 is 0.900 bits per heavy atom. The molecule has 3 aromatic carbocycles. The van der Waals surface area contributed by atoms with Crippen LogP contribution in [0.5, 0.6) is 0 Å². The second kappa shape index (κ2) is 19.3. The first-order chi connectivity index (χ1) is 33.0. The number of benzene rings is 3. The number of aliphatic imine (C=N–C) groups is 1. The first kappa shape index (κ1) is 49.8. The zero-order valence-corrected chi connectivity index (χ0v) is 41.7. The molecule has 5 heterocycles. The maximum Gasteiger partial charge on any atom is 0.417 e. The van der Waals surface area contributed by atoms with E-state index in [1.54, 1.807) is 57.5 Å². The van der Waals surface area contributed by atoms with E-state index in [0.29, 0.717) is 28.5 Å². The average molecular weight is 995 g/mol. The summed E-state index contributed by atoms with van der Waals surface area (Å²) in [5.41, 5.74) is 5.14. The summed E-state index contributed by atoms with van der Waals surface area (Å²) in [6.45, 7) is 14.3. The Morgan fingerprint density at radius 2 is 1.56 bits per heavy atom. The minimum atomic E-state index is -4.98. The number of nitrogens with one attached hydrogen (secondary N) is 2. The van der Waals surface area contributed by atoms with E-state index in [9.17, 15) is 37.5 Å². The van der Waals surface area contributed by atoms with Crippen molar-refractivity contribution < 1.29 is 42.2 Å². The number of carbonyl (C=O) groups is 4. The highest BCUT2D eigenvalue weighted by molar-refractivity contribution is 7.15. The van der Waals surface area contributed by atoms with Crippen molar-refractivity contribution >= 4 is 52.1 Å². The molecule has 0 bridgehead atoms. The highest BCUT2D eigenvalue weighted by Crippen LogP contribution is 2.41. The number of rotatable bonds is 11. The summed E-state index contributed by atoms with van der Waals surface area (Å²) in [6, 6.07) is 14.2. The number of alkyl halides is 3. The van der Waals surface area contributed by atoms with Gasteiger partial charge in [-0.05, 0) is 80.0 Å². The number of likely N-dealkylation sites (tertiary alicyclic amines) is 1. The summed E-state index contributed by atoms with van der Waals surface area (Å²) in [5.74, 6) is -1.76. The van der Waals surface area contributed by atoms with Crippen LogP contribution < -0.4 is 10.6 Å². The number of thiazole rings is 1. The number of ether oxygens (including phenoxy) is 1. The van der Waals surface area contributed by atoms with Gasteiger partial charge in [-0.3, -0.25) is 28.7 Å². The first-order valence-corrected chi connectivity index (χ1v) is 24.3. The van der Waals surface area contributed by atoms with Gasteiger partial charge in [0.2, 0.25) is 11.8 Å². The molecule has 19 heteroatoms. The van der Waals surface area contributed by atoms with Crippen LogP contribution in [0.1, 0.15) is 113 Å². The lowest BCUT2D eigenvalue weighted by molar-refractivity contribution is -0.142. The third-order valence-electron chi connectivity index (χ3n) is 12.9. The lowest BCUT2D eigenvalue weighted by Crippen LogP contribution is -2.58. The topological polar surface area (TPSA) is 181 Å². The van der Waals surface area contributed by atoms with Gasteiger partial charge in [-0.2, -0.15) is 13.2 Å². The van der Waals surface area contributed by atoms with E-state index >= 15 is 0 Å². The number of aliphatic hydroxyl groups excluding tert-OH is 1. The lowest BCUT2D eigenvalue weighted by Gasteiger charge is -2.35. The fourth-order valence-corrected chi connectivity index (χ4v) is 11.0. The number of halogens is 3. The molecule has 1 saturated heterocycles. The van der Waals surface area contributed by atoms with Crippen LogP contribution in [0.15, 0.2) is 77.2 Å².